The number of H-pyrrole nitrogens is 1. The van der Waals surface area contributed by atoms with Crippen LogP contribution in [0.5, 0.6) is 0 Å². The minimum absolute atomic E-state index is 0.170. The highest BCUT2D eigenvalue weighted by molar-refractivity contribution is 6.60. The number of hydrogen-bond acceptors (Lipinski definition) is 9. The second-order valence-corrected chi connectivity index (χ2v) is 13.0. The van der Waals surface area contributed by atoms with E-state index in [2.05, 4.69) is 4.98 Å². The highest BCUT2D eigenvalue weighted by Gasteiger charge is 2.37. The van der Waals surface area contributed by atoms with E-state index in [-0.39, 0.29) is 13.1 Å². The number of rotatable bonds is 16. The Bertz CT molecular complexity index is 752. The zero-order valence-electron chi connectivity index (χ0n) is 19.2. The summed E-state index contributed by atoms with van der Waals surface area (Å²) in [5, 5.41) is 0. The first-order valence-corrected chi connectivity index (χ1v) is 13.9. The molecule has 1 aromatic rings. The maximum absolute atomic E-state index is 12.7. The molecule has 31 heavy (non-hydrogen) atoms. The first-order chi connectivity index (χ1) is 14.8. The summed E-state index contributed by atoms with van der Waals surface area (Å²) in [6.45, 7) is 0.340. The Balaban J connectivity index is 2.77. The molecule has 0 radical (unpaired) electrons. The number of nitrogens with zero attached hydrogens (tertiary/aromatic N) is 2. The van der Waals surface area contributed by atoms with Crippen LogP contribution < -0.4 is 17.1 Å². The minimum atomic E-state index is -2.71. The Morgan fingerprint density at radius 2 is 0.935 bits per heavy atom. The number of unbranched alkanes of at least 4 members (excludes halogenated alkanes) is 2. The molecule has 0 amide bonds. The van der Waals surface area contributed by atoms with Crippen molar-refractivity contribution in [2.45, 2.75) is 50.9 Å². The van der Waals surface area contributed by atoms with Gasteiger partial charge in [-0.2, -0.15) is 0 Å². The predicted octanol–water partition coefficient (Wildman–Crippen LogP) is 0.0149. The lowest BCUT2D eigenvalue weighted by atomic mass is 10.3. The molecule has 0 fully saturated rings. The van der Waals surface area contributed by atoms with Gasteiger partial charge in [0.1, 0.15) is 0 Å². The first-order valence-electron chi connectivity index (χ1n) is 10.0. The van der Waals surface area contributed by atoms with Gasteiger partial charge in [0.05, 0.1) is 0 Å². The van der Waals surface area contributed by atoms with Crippen LogP contribution in [-0.2, 0) is 39.6 Å². The van der Waals surface area contributed by atoms with Crippen molar-refractivity contribution in [3.8, 4) is 0 Å². The lowest BCUT2D eigenvalue weighted by molar-refractivity contribution is 0.122. The van der Waals surface area contributed by atoms with Crippen molar-refractivity contribution in [3.05, 3.63) is 31.5 Å². The summed E-state index contributed by atoms with van der Waals surface area (Å²) in [5.74, 6) is 0. The first kappa shape index (κ1) is 27.6. The average molecular weight is 482 g/mol. The van der Waals surface area contributed by atoms with Crippen LogP contribution in [-0.4, -0.2) is 74.4 Å². The van der Waals surface area contributed by atoms with Crippen molar-refractivity contribution in [1.29, 1.82) is 0 Å². The fraction of sp³-hybridized carbons (Fsp3) is 0.824. The van der Waals surface area contributed by atoms with Crippen molar-refractivity contribution in [1.82, 2.24) is 14.1 Å². The normalized spacial score (nSPS) is 12.5. The van der Waals surface area contributed by atoms with Crippen LogP contribution in [0, 0.1) is 0 Å². The summed E-state index contributed by atoms with van der Waals surface area (Å²) in [7, 11) is 3.77. The molecule has 0 spiro atoms. The van der Waals surface area contributed by atoms with Gasteiger partial charge in [0.15, 0.2) is 0 Å². The van der Waals surface area contributed by atoms with E-state index >= 15 is 0 Å². The van der Waals surface area contributed by atoms with Crippen molar-refractivity contribution < 1.29 is 26.6 Å². The fourth-order valence-electron chi connectivity index (χ4n) is 3.28. The Kier molecular flexibility index (Phi) is 11.8. The topological polar surface area (TPSA) is 132 Å². The summed E-state index contributed by atoms with van der Waals surface area (Å²) < 4.78 is 34.2. The van der Waals surface area contributed by atoms with E-state index < -0.39 is 34.7 Å². The molecule has 0 aliphatic carbocycles. The van der Waals surface area contributed by atoms with Crippen LogP contribution in [0.2, 0.25) is 12.1 Å². The van der Waals surface area contributed by atoms with E-state index in [1.807, 2.05) is 0 Å². The van der Waals surface area contributed by atoms with Gasteiger partial charge in [-0.25, -0.2) is 23.5 Å². The van der Waals surface area contributed by atoms with Crippen molar-refractivity contribution in [2.24, 2.45) is 0 Å². The molecule has 1 N–H and O–H groups in total. The van der Waals surface area contributed by atoms with Gasteiger partial charge >= 0.3 is 34.7 Å². The smallest absolute Gasteiger partial charge is 0.377 e. The Morgan fingerprint density at radius 3 is 1.23 bits per heavy atom. The van der Waals surface area contributed by atoms with Gasteiger partial charge < -0.3 is 26.6 Å². The molecule has 14 heteroatoms. The molecule has 0 unspecified atom stereocenters. The Hall–Kier alpha value is -1.40. The molecule has 0 saturated carbocycles. The summed E-state index contributed by atoms with van der Waals surface area (Å²) in [4.78, 5) is 39.2. The van der Waals surface area contributed by atoms with Gasteiger partial charge in [-0.15, -0.1) is 0 Å². The molecule has 0 saturated heterocycles. The molecule has 0 aliphatic rings. The molecule has 0 aliphatic heterocycles. The zero-order valence-corrected chi connectivity index (χ0v) is 21.2. The van der Waals surface area contributed by atoms with E-state index in [1.165, 1.54) is 42.7 Å². The largest absolute Gasteiger partial charge is 0.500 e. The van der Waals surface area contributed by atoms with E-state index in [0.717, 1.165) is 9.13 Å². The van der Waals surface area contributed by atoms with E-state index in [0.29, 0.717) is 37.8 Å². The van der Waals surface area contributed by atoms with Crippen LogP contribution in [0.1, 0.15) is 25.7 Å². The zero-order chi connectivity index (χ0) is 23.5. The standard InChI is InChI=1S/C17H35N3O9Si2/c1-24-30(25-2,26-3)13-9-7-11-19-15(21)18-16(22)20(17(19)23)12-8-10-14-31(27-4,28-5)29-6/h7-14H2,1-6H3,(H,18,21,22). The number of aromatic amines is 1. The summed E-state index contributed by atoms with van der Waals surface area (Å²) >= 11 is 0. The highest BCUT2D eigenvalue weighted by atomic mass is 28.4. The molecular formula is C17H35N3O9Si2. The molecule has 180 valence electrons. The predicted molar refractivity (Wildman–Crippen MR) is 117 cm³/mol. The third-order valence-corrected chi connectivity index (χ3v) is 10.9. The van der Waals surface area contributed by atoms with Gasteiger partial charge in [0.25, 0.3) is 0 Å². The molecule has 0 bridgehead atoms. The third kappa shape index (κ3) is 7.32. The van der Waals surface area contributed by atoms with Crippen LogP contribution in [0.3, 0.4) is 0 Å². The number of aromatic nitrogens is 3. The molecule has 1 rings (SSSR count). The van der Waals surface area contributed by atoms with Gasteiger partial charge in [0, 0.05) is 67.8 Å². The third-order valence-electron chi connectivity index (χ3n) is 5.26. The van der Waals surface area contributed by atoms with E-state index in [1.54, 1.807) is 0 Å². The average Bonchev–Trinajstić information content (AvgIpc) is 2.78. The monoisotopic (exact) mass is 481 g/mol. The summed E-state index contributed by atoms with van der Waals surface area (Å²) in [6, 6.07) is 1.10. The van der Waals surface area contributed by atoms with Crippen LogP contribution in [0.15, 0.2) is 14.4 Å². The lowest BCUT2D eigenvalue weighted by Gasteiger charge is -2.24. The molecule has 0 aromatic carbocycles. The number of hydrogen-bond donors (Lipinski definition) is 1. The second-order valence-electron chi connectivity index (χ2n) is 6.83. The van der Waals surface area contributed by atoms with Crippen molar-refractivity contribution >= 4 is 17.6 Å². The van der Waals surface area contributed by atoms with Gasteiger partial charge in [-0.05, 0) is 25.7 Å². The van der Waals surface area contributed by atoms with Gasteiger partial charge in [0.2, 0.25) is 0 Å². The Labute approximate surface area is 183 Å². The maximum Gasteiger partial charge on any atom is 0.500 e. The van der Waals surface area contributed by atoms with E-state index in [9.17, 15) is 14.4 Å². The van der Waals surface area contributed by atoms with Crippen molar-refractivity contribution in [3.63, 3.8) is 0 Å². The van der Waals surface area contributed by atoms with Crippen LogP contribution >= 0.6 is 0 Å². The Morgan fingerprint density at radius 1 is 0.613 bits per heavy atom. The minimum Gasteiger partial charge on any atom is -0.377 e. The molecule has 12 nitrogen and oxygen atoms in total. The highest BCUT2D eigenvalue weighted by Crippen LogP contribution is 2.17. The van der Waals surface area contributed by atoms with Crippen LogP contribution in [0.4, 0.5) is 0 Å². The van der Waals surface area contributed by atoms with Gasteiger partial charge in [-0.1, -0.05) is 0 Å². The quantitative estimate of drug-likeness (QED) is 0.256. The van der Waals surface area contributed by atoms with Gasteiger partial charge in [-0.3, -0.25) is 4.98 Å². The molecule has 0 atom stereocenters. The fourth-order valence-corrected chi connectivity index (χ4v) is 6.87. The summed E-state index contributed by atoms with van der Waals surface area (Å²) in [5.41, 5.74) is -2.06. The molecule has 1 aromatic heterocycles. The van der Waals surface area contributed by atoms with Crippen LogP contribution in [0.25, 0.3) is 0 Å². The molecular weight excluding hydrogens is 446 g/mol. The molecule has 1 heterocycles. The maximum atomic E-state index is 12.7. The van der Waals surface area contributed by atoms with Crippen molar-refractivity contribution in [2.75, 3.05) is 42.7 Å². The number of nitrogens with one attached hydrogen (secondary N) is 1. The SMILES string of the molecule is CO[Si](CCCCn1c(=O)[nH]c(=O)n(CCCC[Si](OC)(OC)OC)c1=O)(OC)OC. The second kappa shape index (κ2) is 13.2. The lowest BCUT2D eigenvalue weighted by Crippen LogP contribution is -2.49. The van der Waals surface area contributed by atoms with E-state index in [4.69, 9.17) is 26.6 Å². The summed E-state index contributed by atoms with van der Waals surface area (Å²) in [6.07, 6.45) is 2.31.